The minimum Gasteiger partial charge on any atom is -0.480 e. The van der Waals surface area contributed by atoms with Crippen LogP contribution in [0.3, 0.4) is 0 Å². The van der Waals surface area contributed by atoms with Crippen molar-refractivity contribution in [2.45, 2.75) is 31.2 Å². The van der Waals surface area contributed by atoms with Crippen molar-refractivity contribution in [3.8, 4) is 0 Å². The normalized spacial score (nSPS) is 17.9. The number of rotatable bonds is 3. The van der Waals surface area contributed by atoms with Crippen molar-refractivity contribution in [3.63, 3.8) is 0 Å². The predicted molar refractivity (Wildman–Crippen MR) is 68.3 cm³/mol. The monoisotopic (exact) mass is 317 g/mol. The lowest BCUT2D eigenvalue weighted by Gasteiger charge is -2.24. The highest BCUT2D eigenvalue weighted by molar-refractivity contribution is 9.10. The topological polar surface area (TPSA) is 66.4 Å². The Kier molecular flexibility index (Phi) is 3.53. The number of aliphatic carboxylic acids is 1. The summed E-state index contributed by atoms with van der Waals surface area (Å²) in [6, 6.07) is 1.70. The Labute approximate surface area is 111 Å². The van der Waals surface area contributed by atoms with Gasteiger partial charge in [-0.15, -0.1) is 11.3 Å². The smallest absolute Gasteiger partial charge is 0.329 e. The quantitative estimate of drug-likeness (QED) is 0.900. The molecule has 1 amide bonds. The lowest BCUT2D eigenvalue weighted by molar-refractivity contribution is -0.144. The highest BCUT2D eigenvalue weighted by Crippen LogP contribution is 2.31. The van der Waals surface area contributed by atoms with Crippen LogP contribution in [0.5, 0.6) is 0 Å². The van der Waals surface area contributed by atoms with Gasteiger partial charge in [0.2, 0.25) is 0 Å². The maximum absolute atomic E-state index is 11.9. The van der Waals surface area contributed by atoms with Gasteiger partial charge >= 0.3 is 5.97 Å². The first kappa shape index (κ1) is 12.6. The van der Waals surface area contributed by atoms with Crippen LogP contribution < -0.4 is 5.32 Å². The van der Waals surface area contributed by atoms with E-state index >= 15 is 0 Å². The fraction of sp³-hybridized carbons (Fsp3) is 0.455. The van der Waals surface area contributed by atoms with Crippen LogP contribution in [0.2, 0.25) is 0 Å². The van der Waals surface area contributed by atoms with E-state index in [1.165, 1.54) is 11.3 Å². The van der Waals surface area contributed by atoms with E-state index in [4.69, 9.17) is 0 Å². The largest absolute Gasteiger partial charge is 0.480 e. The molecule has 1 aliphatic rings. The average molecular weight is 318 g/mol. The van der Waals surface area contributed by atoms with Crippen molar-refractivity contribution in [2.24, 2.45) is 0 Å². The van der Waals surface area contributed by atoms with Gasteiger partial charge in [-0.25, -0.2) is 4.79 Å². The molecule has 0 atom stereocenters. The highest BCUT2D eigenvalue weighted by atomic mass is 79.9. The Balaban J connectivity index is 2.14. The number of hydrogen-bond donors (Lipinski definition) is 2. The summed E-state index contributed by atoms with van der Waals surface area (Å²) in [6.45, 7) is 0. The van der Waals surface area contributed by atoms with Gasteiger partial charge in [0.1, 0.15) is 5.54 Å². The van der Waals surface area contributed by atoms with Gasteiger partial charge in [0, 0.05) is 9.85 Å². The van der Waals surface area contributed by atoms with Crippen molar-refractivity contribution in [1.82, 2.24) is 5.32 Å². The minimum absolute atomic E-state index is 0.301. The van der Waals surface area contributed by atoms with Gasteiger partial charge < -0.3 is 10.4 Å². The molecule has 0 spiro atoms. The molecule has 0 unspecified atom stereocenters. The van der Waals surface area contributed by atoms with Gasteiger partial charge in [-0.1, -0.05) is 12.8 Å². The molecular weight excluding hydrogens is 306 g/mol. The summed E-state index contributed by atoms with van der Waals surface area (Å²) in [7, 11) is 0. The van der Waals surface area contributed by atoms with Crippen LogP contribution in [0.1, 0.15) is 35.4 Å². The highest BCUT2D eigenvalue weighted by Gasteiger charge is 2.42. The third kappa shape index (κ3) is 2.52. The van der Waals surface area contributed by atoms with Crippen LogP contribution in [-0.2, 0) is 4.79 Å². The number of hydrogen-bond acceptors (Lipinski definition) is 3. The predicted octanol–water partition coefficient (Wildman–Crippen LogP) is 2.64. The molecule has 1 saturated carbocycles. The van der Waals surface area contributed by atoms with Gasteiger partial charge in [-0.2, -0.15) is 0 Å². The number of halogens is 1. The van der Waals surface area contributed by atoms with E-state index in [0.29, 0.717) is 17.7 Å². The van der Waals surface area contributed by atoms with E-state index in [1.807, 2.05) is 0 Å². The number of carbonyl (C=O) groups excluding carboxylic acids is 1. The van der Waals surface area contributed by atoms with Crippen molar-refractivity contribution >= 4 is 39.1 Å². The zero-order valence-electron chi connectivity index (χ0n) is 9.03. The van der Waals surface area contributed by atoms with Crippen LogP contribution >= 0.6 is 27.3 Å². The molecule has 1 fully saturated rings. The third-order valence-electron chi connectivity index (χ3n) is 3.01. The van der Waals surface area contributed by atoms with Gasteiger partial charge in [0.15, 0.2) is 0 Å². The van der Waals surface area contributed by atoms with E-state index in [0.717, 1.165) is 17.3 Å². The fourth-order valence-corrected chi connectivity index (χ4v) is 3.40. The van der Waals surface area contributed by atoms with Crippen LogP contribution in [0, 0.1) is 0 Å². The Hall–Kier alpha value is -0.880. The van der Waals surface area contributed by atoms with Crippen molar-refractivity contribution in [3.05, 3.63) is 20.8 Å². The Morgan fingerprint density at radius 1 is 1.41 bits per heavy atom. The first-order valence-electron chi connectivity index (χ1n) is 5.33. The molecule has 92 valence electrons. The van der Waals surface area contributed by atoms with E-state index in [2.05, 4.69) is 21.2 Å². The average Bonchev–Trinajstić information content (AvgIpc) is 2.87. The minimum atomic E-state index is -1.06. The maximum Gasteiger partial charge on any atom is 0.329 e. The summed E-state index contributed by atoms with van der Waals surface area (Å²) in [5.74, 6) is -1.23. The Morgan fingerprint density at radius 2 is 2.06 bits per heavy atom. The lowest BCUT2D eigenvalue weighted by atomic mass is 9.98. The SMILES string of the molecule is O=C(NC1(C(=O)O)CCCC1)c1cc(Br)cs1. The van der Waals surface area contributed by atoms with Crippen LogP contribution in [-0.4, -0.2) is 22.5 Å². The Bertz CT molecular complexity index is 451. The van der Waals surface area contributed by atoms with Gasteiger partial charge in [-0.05, 0) is 34.8 Å². The second-order valence-electron chi connectivity index (χ2n) is 4.18. The molecule has 2 N–H and O–H groups in total. The standard InChI is InChI=1S/C11H12BrNO3S/c12-7-5-8(17-6-7)9(14)13-11(10(15)16)3-1-2-4-11/h5-6H,1-4H2,(H,13,14)(H,15,16). The molecule has 0 aliphatic heterocycles. The number of carbonyl (C=O) groups is 2. The Morgan fingerprint density at radius 3 is 2.53 bits per heavy atom. The number of amides is 1. The first-order valence-corrected chi connectivity index (χ1v) is 7.01. The number of carboxylic acid groups (broad SMARTS) is 1. The summed E-state index contributed by atoms with van der Waals surface area (Å²) in [6.07, 6.45) is 2.72. The van der Waals surface area contributed by atoms with Crippen LogP contribution in [0.25, 0.3) is 0 Å². The number of thiophene rings is 1. The summed E-state index contributed by atoms with van der Waals surface area (Å²) < 4.78 is 0.837. The van der Waals surface area contributed by atoms with Gasteiger partial charge in [0.25, 0.3) is 5.91 Å². The molecule has 4 nitrogen and oxygen atoms in total. The number of carboxylic acids is 1. The van der Waals surface area contributed by atoms with Crippen LogP contribution in [0.4, 0.5) is 0 Å². The lowest BCUT2D eigenvalue weighted by Crippen LogP contribution is -2.52. The molecule has 2 rings (SSSR count). The second kappa shape index (κ2) is 4.78. The summed E-state index contributed by atoms with van der Waals surface area (Å²) in [5.41, 5.74) is -1.06. The molecule has 0 bridgehead atoms. The van der Waals surface area contributed by atoms with Crippen LogP contribution in [0.15, 0.2) is 15.9 Å². The van der Waals surface area contributed by atoms with E-state index < -0.39 is 11.5 Å². The molecule has 1 aromatic rings. The van der Waals surface area contributed by atoms with E-state index in [9.17, 15) is 14.7 Å². The van der Waals surface area contributed by atoms with E-state index in [-0.39, 0.29) is 5.91 Å². The molecule has 1 aliphatic carbocycles. The molecule has 0 saturated heterocycles. The van der Waals surface area contributed by atoms with Gasteiger partial charge in [0.05, 0.1) is 4.88 Å². The fourth-order valence-electron chi connectivity index (χ4n) is 2.08. The molecule has 17 heavy (non-hydrogen) atoms. The first-order chi connectivity index (χ1) is 8.03. The molecule has 0 aromatic carbocycles. The zero-order valence-corrected chi connectivity index (χ0v) is 11.4. The summed E-state index contributed by atoms with van der Waals surface area (Å²) in [5, 5.41) is 13.7. The van der Waals surface area contributed by atoms with E-state index in [1.54, 1.807) is 11.4 Å². The molecular formula is C11H12BrNO3S. The van der Waals surface area contributed by atoms with Crippen molar-refractivity contribution in [2.75, 3.05) is 0 Å². The van der Waals surface area contributed by atoms with Gasteiger partial charge in [-0.3, -0.25) is 4.79 Å². The molecule has 1 aromatic heterocycles. The molecule has 1 heterocycles. The summed E-state index contributed by atoms with van der Waals surface area (Å²) in [4.78, 5) is 23.7. The number of nitrogens with one attached hydrogen (secondary N) is 1. The second-order valence-corrected chi connectivity index (χ2v) is 6.00. The van der Waals surface area contributed by atoms with Crippen molar-refractivity contribution in [1.29, 1.82) is 0 Å². The molecule has 0 radical (unpaired) electrons. The van der Waals surface area contributed by atoms with Crippen molar-refractivity contribution < 1.29 is 14.7 Å². The molecule has 6 heteroatoms. The maximum atomic E-state index is 11.9. The third-order valence-corrected chi connectivity index (χ3v) is 4.70. The summed E-state index contributed by atoms with van der Waals surface area (Å²) >= 11 is 4.57. The zero-order chi connectivity index (χ0) is 12.5.